The fourth-order valence-electron chi connectivity index (χ4n) is 3.19. The second kappa shape index (κ2) is 6.17. The van der Waals surface area contributed by atoms with E-state index in [4.69, 9.17) is 0 Å². The van der Waals surface area contributed by atoms with Gasteiger partial charge in [0.25, 0.3) is 0 Å². The van der Waals surface area contributed by atoms with Crippen molar-refractivity contribution in [2.24, 2.45) is 5.92 Å². The molecule has 112 valence electrons. The molecule has 0 saturated carbocycles. The molecular weight excluding hydrogens is 244 g/mol. The van der Waals surface area contributed by atoms with Crippen LogP contribution in [0.3, 0.4) is 0 Å². The van der Waals surface area contributed by atoms with Gasteiger partial charge < -0.3 is 10.2 Å². The Kier molecular flexibility index (Phi) is 4.74. The summed E-state index contributed by atoms with van der Waals surface area (Å²) in [5.41, 5.74) is 4.52. The highest BCUT2D eigenvalue weighted by Crippen LogP contribution is 2.35. The quantitative estimate of drug-likeness (QED) is 0.869. The molecule has 1 aliphatic heterocycles. The summed E-state index contributed by atoms with van der Waals surface area (Å²) in [7, 11) is 0. The molecule has 2 heteroatoms. The molecule has 0 aliphatic carbocycles. The van der Waals surface area contributed by atoms with Crippen molar-refractivity contribution in [2.75, 3.05) is 18.0 Å². The number of anilines is 1. The molecule has 1 N–H and O–H groups in total. The molecule has 0 atom stereocenters. The SMILES string of the molecule is Cc1cc(CNCC(C)C)ccc1N1CCCC1(C)C. The molecule has 1 saturated heterocycles. The van der Waals surface area contributed by atoms with Crippen molar-refractivity contribution < 1.29 is 0 Å². The Morgan fingerprint density at radius 2 is 2.05 bits per heavy atom. The Balaban J connectivity index is 2.06. The zero-order valence-corrected chi connectivity index (χ0v) is 13.8. The fourth-order valence-corrected chi connectivity index (χ4v) is 3.19. The molecule has 0 amide bonds. The van der Waals surface area contributed by atoms with Gasteiger partial charge in [-0.1, -0.05) is 26.0 Å². The monoisotopic (exact) mass is 274 g/mol. The van der Waals surface area contributed by atoms with Gasteiger partial charge in [0, 0.05) is 24.3 Å². The highest BCUT2D eigenvalue weighted by atomic mass is 15.2. The summed E-state index contributed by atoms with van der Waals surface area (Å²) in [5.74, 6) is 0.709. The van der Waals surface area contributed by atoms with Crippen molar-refractivity contribution in [3.8, 4) is 0 Å². The number of hydrogen-bond donors (Lipinski definition) is 1. The third kappa shape index (κ3) is 3.54. The van der Waals surface area contributed by atoms with E-state index >= 15 is 0 Å². The van der Waals surface area contributed by atoms with E-state index < -0.39 is 0 Å². The predicted octanol–water partition coefficient (Wildman–Crippen LogP) is 4.12. The van der Waals surface area contributed by atoms with E-state index in [1.165, 1.54) is 36.2 Å². The van der Waals surface area contributed by atoms with Crippen LogP contribution in [0.15, 0.2) is 18.2 Å². The average Bonchev–Trinajstić information content (AvgIpc) is 2.69. The molecule has 0 radical (unpaired) electrons. The molecule has 2 rings (SSSR count). The normalized spacial score (nSPS) is 18.0. The third-order valence-electron chi connectivity index (χ3n) is 4.33. The molecule has 0 spiro atoms. The summed E-state index contributed by atoms with van der Waals surface area (Å²) in [6.45, 7) is 14.7. The van der Waals surface area contributed by atoms with E-state index in [1.807, 2.05) is 0 Å². The van der Waals surface area contributed by atoms with E-state index in [-0.39, 0.29) is 0 Å². The highest BCUT2D eigenvalue weighted by Gasteiger charge is 2.32. The zero-order valence-electron chi connectivity index (χ0n) is 13.8. The van der Waals surface area contributed by atoms with Crippen molar-refractivity contribution in [1.29, 1.82) is 0 Å². The van der Waals surface area contributed by atoms with E-state index in [9.17, 15) is 0 Å². The minimum Gasteiger partial charge on any atom is -0.366 e. The van der Waals surface area contributed by atoms with Crippen LogP contribution < -0.4 is 10.2 Å². The Hall–Kier alpha value is -1.02. The van der Waals surface area contributed by atoms with E-state index in [0.717, 1.165) is 13.1 Å². The predicted molar refractivity (Wildman–Crippen MR) is 88.4 cm³/mol. The fraction of sp³-hybridized carbons (Fsp3) is 0.667. The van der Waals surface area contributed by atoms with Crippen LogP contribution in [0.25, 0.3) is 0 Å². The minimum absolute atomic E-state index is 0.308. The van der Waals surface area contributed by atoms with Gasteiger partial charge in [0.1, 0.15) is 0 Å². The van der Waals surface area contributed by atoms with Gasteiger partial charge in [-0.05, 0) is 63.3 Å². The minimum atomic E-state index is 0.308. The van der Waals surface area contributed by atoms with Gasteiger partial charge >= 0.3 is 0 Å². The van der Waals surface area contributed by atoms with Crippen LogP contribution >= 0.6 is 0 Å². The molecule has 0 bridgehead atoms. The van der Waals surface area contributed by atoms with Crippen molar-refractivity contribution in [1.82, 2.24) is 5.32 Å². The van der Waals surface area contributed by atoms with Crippen LogP contribution in [0, 0.1) is 12.8 Å². The Morgan fingerprint density at radius 3 is 2.60 bits per heavy atom. The molecule has 2 nitrogen and oxygen atoms in total. The summed E-state index contributed by atoms with van der Waals surface area (Å²) >= 11 is 0. The van der Waals surface area contributed by atoms with E-state index in [0.29, 0.717) is 11.5 Å². The first-order chi connectivity index (χ1) is 9.40. The van der Waals surface area contributed by atoms with Gasteiger partial charge in [-0.15, -0.1) is 0 Å². The van der Waals surface area contributed by atoms with Crippen molar-refractivity contribution >= 4 is 5.69 Å². The number of nitrogens with one attached hydrogen (secondary N) is 1. The van der Waals surface area contributed by atoms with Gasteiger partial charge in [0.05, 0.1) is 0 Å². The number of aryl methyl sites for hydroxylation is 1. The molecule has 1 aromatic carbocycles. The standard InChI is InChI=1S/C18H30N2/c1-14(2)12-19-13-16-7-8-17(15(3)11-16)20-10-6-9-18(20,4)5/h7-8,11,14,19H,6,9-10,12-13H2,1-5H3. The largest absolute Gasteiger partial charge is 0.366 e. The topological polar surface area (TPSA) is 15.3 Å². The molecular formula is C18H30N2. The van der Waals surface area contributed by atoms with Crippen LogP contribution in [-0.2, 0) is 6.54 Å². The number of nitrogens with zero attached hydrogens (tertiary/aromatic N) is 1. The highest BCUT2D eigenvalue weighted by molar-refractivity contribution is 5.57. The van der Waals surface area contributed by atoms with Gasteiger partial charge in [-0.2, -0.15) is 0 Å². The number of hydrogen-bond acceptors (Lipinski definition) is 2. The average molecular weight is 274 g/mol. The second-order valence-electron chi connectivity index (χ2n) is 7.21. The van der Waals surface area contributed by atoms with Crippen LogP contribution in [0.4, 0.5) is 5.69 Å². The van der Waals surface area contributed by atoms with Gasteiger partial charge in [0.2, 0.25) is 0 Å². The number of benzene rings is 1. The van der Waals surface area contributed by atoms with Gasteiger partial charge in [0.15, 0.2) is 0 Å². The van der Waals surface area contributed by atoms with Crippen LogP contribution in [0.1, 0.15) is 51.7 Å². The van der Waals surface area contributed by atoms with Crippen molar-refractivity contribution in [3.05, 3.63) is 29.3 Å². The molecule has 20 heavy (non-hydrogen) atoms. The van der Waals surface area contributed by atoms with Crippen LogP contribution in [-0.4, -0.2) is 18.6 Å². The van der Waals surface area contributed by atoms with Crippen LogP contribution in [0.5, 0.6) is 0 Å². The van der Waals surface area contributed by atoms with Crippen LogP contribution in [0.2, 0.25) is 0 Å². The third-order valence-corrected chi connectivity index (χ3v) is 4.33. The van der Waals surface area contributed by atoms with E-state index in [2.05, 4.69) is 63.0 Å². The van der Waals surface area contributed by atoms with Crippen molar-refractivity contribution in [2.45, 2.75) is 59.5 Å². The zero-order chi connectivity index (χ0) is 14.8. The van der Waals surface area contributed by atoms with Gasteiger partial charge in [-0.25, -0.2) is 0 Å². The van der Waals surface area contributed by atoms with Crippen molar-refractivity contribution in [3.63, 3.8) is 0 Å². The smallest absolute Gasteiger partial charge is 0.0400 e. The van der Waals surface area contributed by atoms with Gasteiger partial charge in [-0.3, -0.25) is 0 Å². The molecule has 0 unspecified atom stereocenters. The lowest BCUT2D eigenvalue weighted by Crippen LogP contribution is -2.38. The summed E-state index contributed by atoms with van der Waals surface area (Å²) in [6.07, 6.45) is 2.61. The summed E-state index contributed by atoms with van der Waals surface area (Å²) in [5, 5.41) is 3.52. The Morgan fingerprint density at radius 1 is 1.30 bits per heavy atom. The molecule has 1 aliphatic rings. The lowest BCUT2D eigenvalue weighted by molar-refractivity contribution is 0.517. The Bertz CT molecular complexity index is 449. The molecule has 0 aromatic heterocycles. The maximum Gasteiger partial charge on any atom is 0.0400 e. The first-order valence-corrected chi connectivity index (χ1v) is 7.98. The number of rotatable bonds is 5. The molecule has 1 heterocycles. The lowest BCUT2D eigenvalue weighted by Gasteiger charge is -2.35. The summed E-state index contributed by atoms with van der Waals surface area (Å²) in [6, 6.07) is 6.94. The Labute approximate surface area is 124 Å². The molecule has 1 aromatic rings. The summed E-state index contributed by atoms with van der Waals surface area (Å²) in [4.78, 5) is 2.58. The second-order valence-corrected chi connectivity index (χ2v) is 7.21. The maximum absolute atomic E-state index is 3.52. The first kappa shape index (κ1) is 15.4. The maximum atomic E-state index is 3.52. The lowest BCUT2D eigenvalue weighted by atomic mass is 10.00. The summed E-state index contributed by atoms with van der Waals surface area (Å²) < 4.78 is 0. The first-order valence-electron chi connectivity index (χ1n) is 7.98. The van der Waals surface area contributed by atoms with E-state index in [1.54, 1.807) is 0 Å². The molecule has 1 fully saturated rings.